The molecular formula is C18H24F3N3O3. The Morgan fingerprint density at radius 3 is 2.78 bits per heavy atom. The summed E-state index contributed by atoms with van der Waals surface area (Å²) < 4.78 is 51.4. The molecule has 1 aliphatic heterocycles. The van der Waals surface area contributed by atoms with Gasteiger partial charge in [0.15, 0.2) is 5.82 Å². The van der Waals surface area contributed by atoms with E-state index in [0.717, 1.165) is 25.5 Å². The number of nitrogens with one attached hydrogen (secondary N) is 1. The normalized spacial score (nSPS) is 24.8. The molecule has 2 heterocycles. The predicted molar refractivity (Wildman–Crippen MR) is 91.5 cm³/mol. The zero-order valence-corrected chi connectivity index (χ0v) is 15.4. The number of likely N-dealkylation sites (N-methyl/N-ethyl adjacent to an activating group) is 1. The van der Waals surface area contributed by atoms with Crippen molar-refractivity contribution in [2.75, 3.05) is 20.7 Å². The summed E-state index contributed by atoms with van der Waals surface area (Å²) in [6.07, 6.45) is 0.364. The molecule has 0 radical (unpaired) electrons. The highest BCUT2D eigenvalue weighted by molar-refractivity contribution is 5.82. The molecule has 150 valence electrons. The molecule has 1 aromatic heterocycles. The molecule has 2 fully saturated rings. The summed E-state index contributed by atoms with van der Waals surface area (Å²) in [7, 11) is 3.25. The molecule has 0 aromatic carbocycles. The van der Waals surface area contributed by atoms with Crippen LogP contribution in [0.15, 0.2) is 6.07 Å². The lowest BCUT2D eigenvalue weighted by atomic mass is 10.2. The van der Waals surface area contributed by atoms with E-state index in [1.807, 2.05) is 11.9 Å². The van der Waals surface area contributed by atoms with Gasteiger partial charge in [0.1, 0.15) is 6.10 Å². The summed E-state index contributed by atoms with van der Waals surface area (Å²) in [5, 5.41) is 2.77. The quantitative estimate of drug-likeness (QED) is 0.813. The van der Waals surface area contributed by atoms with Gasteiger partial charge in [-0.2, -0.15) is 4.98 Å². The van der Waals surface area contributed by atoms with Crippen molar-refractivity contribution >= 4 is 5.91 Å². The summed E-state index contributed by atoms with van der Waals surface area (Å²) in [4.78, 5) is 18.2. The van der Waals surface area contributed by atoms with Crippen LogP contribution in [0.2, 0.25) is 0 Å². The van der Waals surface area contributed by atoms with E-state index in [4.69, 9.17) is 9.47 Å². The molecule has 3 rings (SSSR count). The topological polar surface area (TPSA) is 63.7 Å². The van der Waals surface area contributed by atoms with E-state index >= 15 is 0 Å². The van der Waals surface area contributed by atoms with Crippen LogP contribution in [0.1, 0.15) is 37.7 Å². The lowest BCUT2D eigenvalue weighted by Crippen LogP contribution is -2.41. The fraction of sp³-hybridized carbons (Fsp3) is 0.667. The first-order valence-corrected chi connectivity index (χ1v) is 9.05. The zero-order valence-electron chi connectivity index (χ0n) is 15.4. The number of rotatable bonds is 6. The van der Waals surface area contributed by atoms with Gasteiger partial charge in [-0.05, 0) is 38.9 Å². The average molecular weight is 387 g/mol. The maximum absolute atomic E-state index is 14.3. The van der Waals surface area contributed by atoms with Crippen LogP contribution in [0.3, 0.4) is 0 Å². The predicted octanol–water partition coefficient (Wildman–Crippen LogP) is 2.51. The number of nitrogens with zero attached hydrogens (tertiary/aromatic N) is 2. The highest BCUT2D eigenvalue weighted by Crippen LogP contribution is 2.37. The number of hydrogen-bond donors (Lipinski definition) is 1. The van der Waals surface area contributed by atoms with Crippen molar-refractivity contribution < 1.29 is 27.4 Å². The lowest BCUT2D eigenvalue weighted by Gasteiger charge is -2.19. The Labute approximate surface area is 156 Å². The van der Waals surface area contributed by atoms with Crippen LogP contribution < -0.4 is 14.8 Å². The van der Waals surface area contributed by atoms with Crippen LogP contribution in [0.5, 0.6) is 11.8 Å². The Balaban J connectivity index is 1.66. The number of amides is 1. The molecule has 2 aliphatic rings. The molecule has 1 N–H and O–H groups in total. The van der Waals surface area contributed by atoms with Crippen LogP contribution in [0, 0.1) is 5.82 Å². The second-order valence-corrected chi connectivity index (χ2v) is 7.14. The van der Waals surface area contributed by atoms with Gasteiger partial charge in [-0.3, -0.25) is 9.69 Å². The van der Waals surface area contributed by atoms with Crippen molar-refractivity contribution in [3.8, 4) is 11.8 Å². The number of halogens is 3. The molecule has 1 saturated carbocycles. The van der Waals surface area contributed by atoms with Crippen molar-refractivity contribution in [1.82, 2.24) is 15.2 Å². The van der Waals surface area contributed by atoms with Crippen molar-refractivity contribution in [1.29, 1.82) is 0 Å². The highest BCUT2D eigenvalue weighted by Gasteiger charge is 2.41. The molecule has 1 aromatic rings. The van der Waals surface area contributed by atoms with E-state index < -0.39 is 24.3 Å². The molecule has 2 atom stereocenters. The average Bonchev–Trinajstić information content (AvgIpc) is 3.19. The molecule has 9 heteroatoms. The smallest absolute Gasteiger partial charge is 0.254 e. The van der Waals surface area contributed by atoms with Gasteiger partial charge in [0, 0.05) is 24.9 Å². The second kappa shape index (κ2) is 7.92. The minimum absolute atomic E-state index is 0.0536. The van der Waals surface area contributed by atoms with Gasteiger partial charge in [-0.1, -0.05) is 0 Å². The van der Waals surface area contributed by atoms with Crippen LogP contribution in [-0.4, -0.2) is 54.6 Å². The van der Waals surface area contributed by atoms with Gasteiger partial charge in [0.2, 0.25) is 11.8 Å². The molecule has 27 heavy (non-hydrogen) atoms. The summed E-state index contributed by atoms with van der Waals surface area (Å²) in [5.74, 6) is -3.96. The molecule has 1 aliphatic carbocycles. The Morgan fingerprint density at radius 1 is 1.41 bits per heavy atom. The third kappa shape index (κ3) is 4.63. The third-order valence-corrected chi connectivity index (χ3v) is 5.09. The lowest BCUT2D eigenvalue weighted by molar-refractivity contribution is -0.125. The molecule has 1 saturated heterocycles. The number of carbonyl (C=O) groups excluding carboxylic acids is 1. The van der Waals surface area contributed by atoms with Crippen molar-refractivity contribution in [2.24, 2.45) is 0 Å². The number of aromatic nitrogens is 1. The molecule has 1 amide bonds. The van der Waals surface area contributed by atoms with Crippen LogP contribution in [0.25, 0.3) is 0 Å². The Kier molecular flexibility index (Phi) is 5.78. The molecule has 0 spiro atoms. The number of carbonyl (C=O) groups is 1. The summed E-state index contributed by atoms with van der Waals surface area (Å²) in [6.45, 7) is 0.919. The standard InChI is InChI=1S/C18H24F3N3O3/c1-24-7-3-4-14(24)15(25)22-10-11-8-13(19)17(23-16(11)26-2)27-12-5-6-18(20,21)9-12/h8,12,14H,3-7,9-10H2,1-2H3,(H,22,25)/t12-,14+/m1/s1. The van der Waals surface area contributed by atoms with Crippen molar-refractivity contribution in [2.45, 2.75) is 56.7 Å². The maximum atomic E-state index is 14.3. The summed E-state index contributed by atoms with van der Waals surface area (Å²) in [5.41, 5.74) is 0.355. The second-order valence-electron chi connectivity index (χ2n) is 7.14. The Hall–Kier alpha value is -2.03. The van der Waals surface area contributed by atoms with Gasteiger partial charge in [-0.15, -0.1) is 0 Å². The first-order chi connectivity index (χ1) is 12.8. The first-order valence-electron chi connectivity index (χ1n) is 9.05. The molecule has 6 nitrogen and oxygen atoms in total. The molecular weight excluding hydrogens is 363 g/mol. The van der Waals surface area contributed by atoms with E-state index in [1.165, 1.54) is 7.11 Å². The largest absolute Gasteiger partial charge is 0.481 e. The van der Waals surface area contributed by atoms with Gasteiger partial charge >= 0.3 is 0 Å². The van der Waals surface area contributed by atoms with Crippen molar-refractivity contribution in [3.05, 3.63) is 17.4 Å². The Morgan fingerprint density at radius 2 is 2.19 bits per heavy atom. The minimum Gasteiger partial charge on any atom is -0.481 e. The number of hydrogen-bond acceptors (Lipinski definition) is 5. The van der Waals surface area contributed by atoms with Crippen LogP contribution in [0.4, 0.5) is 13.2 Å². The number of alkyl halides is 2. The fourth-order valence-corrected chi connectivity index (χ4v) is 3.59. The van der Waals surface area contributed by atoms with Gasteiger partial charge in [-0.25, -0.2) is 13.2 Å². The van der Waals surface area contributed by atoms with E-state index in [-0.39, 0.29) is 43.1 Å². The van der Waals surface area contributed by atoms with Crippen LogP contribution >= 0.6 is 0 Å². The monoisotopic (exact) mass is 387 g/mol. The number of pyridine rings is 1. The third-order valence-electron chi connectivity index (χ3n) is 5.09. The number of methoxy groups -OCH3 is 1. The minimum atomic E-state index is -2.79. The van der Waals surface area contributed by atoms with Gasteiger partial charge < -0.3 is 14.8 Å². The van der Waals surface area contributed by atoms with Gasteiger partial charge in [0.05, 0.1) is 13.2 Å². The Bertz CT molecular complexity index is 702. The summed E-state index contributed by atoms with van der Waals surface area (Å²) in [6, 6.07) is 0.966. The van der Waals surface area contributed by atoms with E-state index in [0.29, 0.717) is 5.56 Å². The summed E-state index contributed by atoms with van der Waals surface area (Å²) >= 11 is 0. The maximum Gasteiger partial charge on any atom is 0.254 e. The van der Waals surface area contributed by atoms with Gasteiger partial charge in [0.25, 0.3) is 11.8 Å². The van der Waals surface area contributed by atoms with E-state index in [1.54, 1.807) is 0 Å². The fourth-order valence-electron chi connectivity index (χ4n) is 3.59. The van der Waals surface area contributed by atoms with Crippen molar-refractivity contribution in [3.63, 3.8) is 0 Å². The number of likely N-dealkylation sites (tertiary alicyclic amines) is 1. The first kappa shape index (κ1) is 19.7. The number of ether oxygens (including phenoxy) is 2. The van der Waals surface area contributed by atoms with Crippen LogP contribution in [-0.2, 0) is 11.3 Å². The molecule has 0 unspecified atom stereocenters. The van der Waals surface area contributed by atoms with E-state index in [9.17, 15) is 18.0 Å². The highest BCUT2D eigenvalue weighted by atomic mass is 19.3. The van der Waals surface area contributed by atoms with E-state index in [2.05, 4.69) is 10.3 Å². The SMILES string of the molecule is COc1nc(O[C@@H]2CCC(F)(F)C2)c(F)cc1CNC(=O)[C@@H]1CCCN1C. The molecule has 0 bridgehead atoms. The zero-order chi connectivity index (χ0) is 19.6.